The zero-order chi connectivity index (χ0) is 11.7. The first-order valence-corrected chi connectivity index (χ1v) is 7.05. The number of piperidine rings is 1. The van der Waals surface area contributed by atoms with E-state index in [1.165, 1.54) is 37.9 Å². The molecule has 3 heteroatoms. The van der Waals surface area contributed by atoms with Crippen LogP contribution in [0, 0.1) is 11.8 Å². The minimum Gasteiger partial charge on any atom is -0.334 e. The van der Waals surface area contributed by atoms with Gasteiger partial charge in [-0.1, -0.05) is 6.92 Å². The molecule has 3 rings (SSSR count). The summed E-state index contributed by atoms with van der Waals surface area (Å²) in [6.07, 6.45) is 9.61. The summed E-state index contributed by atoms with van der Waals surface area (Å²) in [6, 6.07) is 0. The van der Waals surface area contributed by atoms with Crippen molar-refractivity contribution < 1.29 is 0 Å². The molecule has 0 bridgehead atoms. The quantitative estimate of drug-likeness (QED) is 0.865. The van der Waals surface area contributed by atoms with Crippen LogP contribution in [-0.2, 0) is 6.54 Å². The molecule has 0 amide bonds. The average Bonchev–Trinajstić information content (AvgIpc) is 3.12. The van der Waals surface area contributed by atoms with Crippen LogP contribution in [0.2, 0.25) is 0 Å². The van der Waals surface area contributed by atoms with Crippen molar-refractivity contribution in [3.63, 3.8) is 0 Å². The highest BCUT2D eigenvalue weighted by Gasteiger charge is 2.29. The smallest absolute Gasteiger partial charge is 0.0948 e. The van der Waals surface area contributed by atoms with Gasteiger partial charge in [-0.3, -0.25) is 0 Å². The Kier molecular flexibility index (Phi) is 3.19. The Morgan fingerprint density at radius 3 is 3.06 bits per heavy atom. The normalized spacial score (nSPS) is 27.0. The summed E-state index contributed by atoms with van der Waals surface area (Å²) >= 11 is 0. The molecular weight excluding hydrogens is 210 g/mol. The molecule has 2 heterocycles. The number of hydrogen-bond donors (Lipinski definition) is 1. The molecular formula is C14H23N3. The van der Waals surface area contributed by atoms with Crippen LogP contribution in [0.5, 0.6) is 0 Å². The molecule has 2 fully saturated rings. The number of imidazole rings is 1. The zero-order valence-electron chi connectivity index (χ0n) is 10.7. The van der Waals surface area contributed by atoms with Gasteiger partial charge in [0.1, 0.15) is 0 Å². The summed E-state index contributed by atoms with van der Waals surface area (Å²) in [5, 5.41) is 3.50. The van der Waals surface area contributed by atoms with Crippen molar-refractivity contribution in [1.29, 1.82) is 0 Å². The van der Waals surface area contributed by atoms with Gasteiger partial charge < -0.3 is 9.88 Å². The summed E-state index contributed by atoms with van der Waals surface area (Å²) in [5.41, 5.74) is 1.45. The molecule has 0 aromatic carbocycles. The molecule has 2 atom stereocenters. The summed E-state index contributed by atoms with van der Waals surface area (Å²) < 4.78 is 2.40. The molecule has 0 radical (unpaired) electrons. The van der Waals surface area contributed by atoms with Crippen molar-refractivity contribution in [2.45, 2.75) is 45.1 Å². The molecule has 1 N–H and O–H groups in total. The van der Waals surface area contributed by atoms with E-state index < -0.39 is 0 Å². The third-order valence-electron chi connectivity index (χ3n) is 4.37. The van der Waals surface area contributed by atoms with Gasteiger partial charge in [0.05, 0.1) is 6.33 Å². The van der Waals surface area contributed by atoms with E-state index in [2.05, 4.69) is 28.0 Å². The van der Waals surface area contributed by atoms with Crippen LogP contribution in [0.25, 0.3) is 0 Å². The molecule has 94 valence electrons. The van der Waals surface area contributed by atoms with Gasteiger partial charge in [0.2, 0.25) is 0 Å². The molecule has 0 spiro atoms. The Balaban J connectivity index is 1.69. The van der Waals surface area contributed by atoms with Crippen molar-refractivity contribution in [3.8, 4) is 0 Å². The molecule has 1 aliphatic carbocycles. The lowest BCUT2D eigenvalue weighted by atomic mass is 9.96. The van der Waals surface area contributed by atoms with E-state index in [1.807, 2.05) is 6.33 Å². The molecule has 2 unspecified atom stereocenters. The van der Waals surface area contributed by atoms with Gasteiger partial charge in [0.15, 0.2) is 0 Å². The first kappa shape index (κ1) is 11.3. The fourth-order valence-electron chi connectivity index (χ4n) is 3.05. The Labute approximate surface area is 104 Å². The van der Waals surface area contributed by atoms with Crippen LogP contribution >= 0.6 is 0 Å². The van der Waals surface area contributed by atoms with E-state index in [0.717, 1.165) is 24.9 Å². The van der Waals surface area contributed by atoms with E-state index >= 15 is 0 Å². The molecule has 1 aromatic heterocycles. The second-order valence-electron chi connectivity index (χ2n) is 5.83. The predicted molar refractivity (Wildman–Crippen MR) is 69.0 cm³/mol. The van der Waals surface area contributed by atoms with E-state index in [-0.39, 0.29) is 0 Å². The van der Waals surface area contributed by atoms with Crippen LogP contribution in [0.1, 0.15) is 44.2 Å². The SMILES string of the molecule is CC(Cn1cncc1C1CCCNC1)C1CC1. The van der Waals surface area contributed by atoms with Gasteiger partial charge in [0.25, 0.3) is 0 Å². The van der Waals surface area contributed by atoms with E-state index in [4.69, 9.17) is 0 Å². The van der Waals surface area contributed by atoms with Crippen molar-refractivity contribution >= 4 is 0 Å². The minimum absolute atomic E-state index is 0.678. The van der Waals surface area contributed by atoms with Crippen LogP contribution in [0.4, 0.5) is 0 Å². The first-order valence-electron chi connectivity index (χ1n) is 7.05. The average molecular weight is 233 g/mol. The van der Waals surface area contributed by atoms with Crippen LogP contribution in [-0.4, -0.2) is 22.6 Å². The highest BCUT2D eigenvalue weighted by molar-refractivity contribution is 5.08. The second kappa shape index (κ2) is 4.81. The maximum Gasteiger partial charge on any atom is 0.0948 e. The molecule has 17 heavy (non-hydrogen) atoms. The van der Waals surface area contributed by atoms with Gasteiger partial charge >= 0.3 is 0 Å². The van der Waals surface area contributed by atoms with Crippen LogP contribution in [0.15, 0.2) is 12.5 Å². The maximum absolute atomic E-state index is 4.37. The van der Waals surface area contributed by atoms with E-state index in [1.54, 1.807) is 0 Å². The lowest BCUT2D eigenvalue weighted by Gasteiger charge is -2.24. The van der Waals surface area contributed by atoms with Gasteiger partial charge in [-0.25, -0.2) is 4.98 Å². The molecule has 1 aliphatic heterocycles. The number of hydrogen-bond acceptors (Lipinski definition) is 2. The standard InChI is InChI=1S/C14H23N3/c1-11(12-4-5-12)9-17-10-16-8-14(17)13-3-2-6-15-7-13/h8,10-13,15H,2-7,9H2,1H3. The second-order valence-corrected chi connectivity index (χ2v) is 5.83. The molecule has 1 aromatic rings. The van der Waals surface area contributed by atoms with Crippen LogP contribution < -0.4 is 5.32 Å². The Morgan fingerprint density at radius 2 is 2.35 bits per heavy atom. The third kappa shape index (κ3) is 2.54. The number of aromatic nitrogens is 2. The van der Waals surface area contributed by atoms with Gasteiger partial charge in [-0.2, -0.15) is 0 Å². The maximum atomic E-state index is 4.37. The van der Waals surface area contributed by atoms with Gasteiger partial charge in [0, 0.05) is 30.9 Å². The Morgan fingerprint density at radius 1 is 1.47 bits per heavy atom. The lowest BCUT2D eigenvalue weighted by molar-refractivity contribution is 0.395. The fourth-order valence-corrected chi connectivity index (χ4v) is 3.05. The number of rotatable bonds is 4. The summed E-state index contributed by atoms with van der Waals surface area (Å²) in [7, 11) is 0. The molecule has 1 saturated carbocycles. The minimum atomic E-state index is 0.678. The molecule has 3 nitrogen and oxygen atoms in total. The Bertz CT molecular complexity index is 361. The topological polar surface area (TPSA) is 29.9 Å². The highest BCUT2D eigenvalue weighted by Crippen LogP contribution is 2.37. The Hall–Kier alpha value is -0.830. The van der Waals surface area contributed by atoms with Crippen molar-refractivity contribution in [1.82, 2.24) is 14.9 Å². The monoisotopic (exact) mass is 233 g/mol. The largest absolute Gasteiger partial charge is 0.334 e. The van der Waals surface area contributed by atoms with E-state index in [0.29, 0.717) is 5.92 Å². The molecule has 2 aliphatic rings. The lowest BCUT2D eigenvalue weighted by Crippen LogP contribution is -2.29. The summed E-state index contributed by atoms with van der Waals surface area (Å²) in [5.74, 6) is 2.48. The first-order chi connectivity index (χ1) is 8.34. The fraction of sp³-hybridized carbons (Fsp3) is 0.786. The zero-order valence-corrected chi connectivity index (χ0v) is 10.7. The number of nitrogens with zero attached hydrogens (tertiary/aromatic N) is 2. The van der Waals surface area contributed by atoms with Crippen LogP contribution in [0.3, 0.4) is 0 Å². The van der Waals surface area contributed by atoms with Crippen molar-refractivity contribution in [3.05, 3.63) is 18.2 Å². The van der Waals surface area contributed by atoms with Crippen molar-refractivity contribution in [2.24, 2.45) is 11.8 Å². The predicted octanol–water partition coefficient (Wildman–Crippen LogP) is 2.40. The molecule has 1 saturated heterocycles. The highest BCUT2D eigenvalue weighted by atomic mass is 15.1. The van der Waals surface area contributed by atoms with Gasteiger partial charge in [-0.15, -0.1) is 0 Å². The van der Waals surface area contributed by atoms with Gasteiger partial charge in [-0.05, 0) is 44.1 Å². The van der Waals surface area contributed by atoms with Crippen molar-refractivity contribution in [2.75, 3.05) is 13.1 Å². The number of nitrogens with one attached hydrogen (secondary N) is 1. The van der Waals surface area contributed by atoms with E-state index in [9.17, 15) is 0 Å². The summed E-state index contributed by atoms with van der Waals surface area (Å²) in [6.45, 7) is 5.86. The third-order valence-corrected chi connectivity index (χ3v) is 4.37. The summed E-state index contributed by atoms with van der Waals surface area (Å²) in [4.78, 5) is 4.37.